The first kappa shape index (κ1) is 21.0. The van der Waals surface area contributed by atoms with Gasteiger partial charge in [-0.25, -0.2) is 8.42 Å². The fraction of sp³-hybridized carbons (Fsp3) is 0.261. The van der Waals surface area contributed by atoms with Crippen LogP contribution in [0, 0.1) is 0 Å². The number of nitrogens with zero attached hydrogens (tertiary/aromatic N) is 2. The lowest BCUT2D eigenvalue weighted by Gasteiger charge is -2.36. The van der Waals surface area contributed by atoms with Crippen molar-refractivity contribution in [2.75, 3.05) is 38.2 Å². The number of amides is 1. The molecule has 0 radical (unpaired) electrons. The Labute approximate surface area is 181 Å². The second kappa shape index (κ2) is 8.85. The Morgan fingerprint density at radius 2 is 1.61 bits per heavy atom. The summed E-state index contributed by atoms with van der Waals surface area (Å²) in [5.74, 6) is 0.691. The molecule has 1 amide bonds. The lowest BCUT2D eigenvalue weighted by molar-refractivity contribution is 0.0713. The number of methoxy groups -OCH3 is 1. The van der Waals surface area contributed by atoms with E-state index in [9.17, 15) is 13.2 Å². The number of piperazine rings is 1. The monoisotopic (exact) mass is 440 g/mol. The number of rotatable bonds is 6. The summed E-state index contributed by atoms with van der Waals surface area (Å²) in [6, 6.07) is 19.1. The zero-order valence-electron chi connectivity index (χ0n) is 17.2. The van der Waals surface area contributed by atoms with Crippen molar-refractivity contribution in [3.05, 3.63) is 78.3 Å². The van der Waals surface area contributed by atoms with E-state index in [4.69, 9.17) is 9.15 Å². The van der Waals surface area contributed by atoms with E-state index in [-0.39, 0.29) is 28.1 Å². The highest BCUT2D eigenvalue weighted by molar-refractivity contribution is 7.90. The van der Waals surface area contributed by atoms with Crippen molar-refractivity contribution in [1.29, 1.82) is 0 Å². The van der Waals surface area contributed by atoms with Gasteiger partial charge in [0.05, 0.1) is 17.7 Å². The number of para-hydroxylation sites is 2. The number of furan rings is 1. The molecule has 3 aromatic rings. The van der Waals surface area contributed by atoms with Crippen molar-refractivity contribution in [1.82, 2.24) is 4.90 Å². The Morgan fingerprint density at radius 3 is 2.32 bits per heavy atom. The number of benzene rings is 2. The third-order valence-corrected chi connectivity index (χ3v) is 6.95. The van der Waals surface area contributed by atoms with E-state index in [0.717, 1.165) is 11.4 Å². The third-order valence-electron chi connectivity index (χ3n) is 5.30. The van der Waals surface area contributed by atoms with Crippen molar-refractivity contribution in [3.8, 4) is 5.75 Å². The lowest BCUT2D eigenvalue weighted by atomic mass is 10.2. The number of hydrogen-bond donors (Lipinski definition) is 0. The van der Waals surface area contributed by atoms with Gasteiger partial charge in [-0.05, 0) is 36.4 Å². The highest BCUT2D eigenvalue weighted by atomic mass is 32.2. The van der Waals surface area contributed by atoms with Crippen LogP contribution in [0.5, 0.6) is 5.75 Å². The maximum atomic E-state index is 12.9. The summed E-state index contributed by atoms with van der Waals surface area (Å²) >= 11 is 0. The summed E-state index contributed by atoms with van der Waals surface area (Å²) in [5.41, 5.74) is 1.00. The molecule has 1 aliphatic rings. The summed E-state index contributed by atoms with van der Waals surface area (Å²) in [6.45, 7) is 2.41. The molecule has 1 saturated heterocycles. The van der Waals surface area contributed by atoms with E-state index in [1.165, 1.54) is 0 Å². The van der Waals surface area contributed by atoms with E-state index in [1.807, 2.05) is 24.3 Å². The highest BCUT2D eigenvalue weighted by Crippen LogP contribution is 2.28. The van der Waals surface area contributed by atoms with Crippen LogP contribution in [0.4, 0.5) is 5.69 Å². The summed E-state index contributed by atoms with van der Waals surface area (Å²) in [5, 5.41) is 0. The molecule has 2 heterocycles. The average Bonchev–Trinajstić information content (AvgIpc) is 3.27. The van der Waals surface area contributed by atoms with Crippen molar-refractivity contribution in [2.24, 2.45) is 0 Å². The van der Waals surface area contributed by atoms with E-state index < -0.39 is 9.84 Å². The van der Waals surface area contributed by atoms with Gasteiger partial charge in [0.2, 0.25) is 0 Å². The highest BCUT2D eigenvalue weighted by Gasteiger charge is 2.26. The molecule has 31 heavy (non-hydrogen) atoms. The first-order valence-electron chi connectivity index (χ1n) is 10.0. The van der Waals surface area contributed by atoms with Crippen LogP contribution in [0.1, 0.15) is 16.3 Å². The standard InChI is InChI=1S/C23H24N2O5S/c1-29-21-10-6-5-9-20(21)24-13-15-25(16-14-24)23(26)22-12-11-18(30-22)17-31(27,28)19-7-3-2-4-8-19/h2-12H,13-17H2,1H3. The molecule has 2 aromatic carbocycles. The largest absolute Gasteiger partial charge is 0.495 e. The quantitative estimate of drug-likeness (QED) is 0.586. The van der Waals surface area contributed by atoms with Crippen LogP contribution >= 0.6 is 0 Å². The maximum absolute atomic E-state index is 12.9. The number of carbonyl (C=O) groups is 1. The van der Waals surface area contributed by atoms with Crippen molar-refractivity contribution < 1.29 is 22.4 Å². The van der Waals surface area contributed by atoms with Gasteiger partial charge in [-0.2, -0.15) is 0 Å². The minimum absolute atomic E-state index is 0.156. The van der Waals surface area contributed by atoms with Gasteiger partial charge in [0, 0.05) is 26.2 Å². The number of hydrogen-bond acceptors (Lipinski definition) is 6. The van der Waals surface area contributed by atoms with Gasteiger partial charge in [-0.3, -0.25) is 4.79 Å². The van der Waals surface area contributed by atoms with Gasteiger partial charge in [0.1, 0.15) is 17.3 Å². The number of ether oxygens (including phenoxy) is 1. The van der Waals surface area contributed by atoms with E-state index >= 15 is 0 Å². The topological polar surface area (TPSA) is 80.1 Å². The second-order valence-corrected chi connectivity index (χ2v) is 9.28. The van der Waals surface area contributed by atoms with Crippen molar-refractivity contribution in [3.63, 3.8) is 0 Å². The molecule has 0 aliphatic carbocycles. The van der Waals surface area contributed by atoms with Crippen LogP contribution in [0.3, 0.4) is 0 Å². The van der Waals surface area contributed by atoms with Crippen LogP contribution in [0.15, 0.2) is 76.0 Å². The van der Waals surface area contributed by atoms with Crippen molar-refractivity contribution in [2.45, 2.75) is 10.6 Å². The smallest absolute Gasteiger partial charge is 0.289 e. The SMILES string of the molecule is COc1ccccc1N1CCN(C(=O)c2ccc(CS(=O)(=O)c3ccccc3)o2)CC1. The van der Waals surface area contributed by atoms with Crippen LogP contribution < -0.4 is 9.64 Å². The van der Waals surface area contributed by atoms with Crippen LogP contribution in [0.2, 0.25) is 0 Å². The minimum Gasteiger partial charge on any atom is -0.495 e. The molecule has 0 saturated carbocycles. The number of carbonyl (C=O) groups excluding carboxylic acids is 1. The molecule has 0 unspecified atom stereocenters. The van der Waals surface area contributed by atoms with Gasteiger partial charge in [-0.1, -0.05) is 30.3 Å². The predicted molar refractivity (Wildman–Crippen MR) is 117 cm³/mol. The Kier molecular flexibility index (Phi) is 5.99. The zero-order chi connectivity index (χ0) is 21.8. The Bertz CT molecular complexity index is 1150. The Hall–Kier alpha value is -3.26. The molecule has 0 bridgehead atoms. The maximum Gasteiger partial charge on any atom is 0.289 e. The fourth-order valence-corrected chi connectivity index (χ4v) is 4.93. The molecule has 1 fully saturated rings. The van der Waals surface area contributed by atoms with E-state index in [0.29, 0.717) is 26.2 Å². The fourth-order valence-electron chi connectivity index (χ4n) is 3.67. The Morgan fingerprint density at radius 1 is 0.935 bits per heavy atom. The molecule has 7 nitrogen and oxygen atoms in total. The summed E-state index contributed by atoms with van der Waals surface area (Å²) in [4.78, 5) is 17.0. The molecule has 0 atom stereocenters. The van der Waals surface area contributed by atoms with Crippen LogP contribution in [0.25, 0.3) is 0 Å². The lowest BCUT2D eigenvalue weighted by Crippen LogP contribution is -2.48. The predicted octanol–water partition coefficient (Wildman–Crippen LogP) is 3.22. The summed E-state index contributed by atoms with van der Waals surface area (Å²) < 4.78 is 36.1. The first-order chi connectivity index (χ1) is 15.0. The minimum atomic E-state index is -3.53. The average molecular weight is 441 g/mol. The first-order valence-corrected chi connectivity index (χ1v) is 11.7. The molecule has 0 N–H and O–H groups in total. The third kappa shape index (κ3) is 4.59. The van der Waals surface area contributed by atoms with Gasteiger partial charge in [0.15, 0.2) is 15.6 Å². The normalized spacial score (nSPS) is 14.5. The zero-order valence-corrected chi connectivity index (χ0v) is 18.0. The van der Waals surface area contributed by atoms with Gasteiger partial charge in [-0.15, -0.1) is 0 Å². The summed E-state index contributed by atoms with van der Waals surface area (Å²) in [6.07, 6.45) is 0. The molecule has 4 rings (SSSR count). The molecular weight excluding hydrogens is 416 g/mol. The van der Waals surface area contributed by atoms with Gasteiger partial charge >= 0.3 is 0 Å². The Balaban J connectivity index is 1.40. The molecule has 1 aromatic heterocycles. The molecular formula is C23H24N2O5S. The molecule has 162 valence electrons. The molecule has 8 heteroatoms. The van der Waals surface area contributed by atoms with Gasteiger partial charge < -0.3 is 19.0 Å². The van der Waals surface area contributed by atoms with Crippen molar-refractivity contribution >= 4 is 21.4 Å². The molecule has 1 aliphatic heterocycles. The number of anilines is 1. The number of sulfone groups is 1. The van der Waals surface area contributed by atoms with E-state index in [1.54, 1.807) is 54.5 Å². The van der Waals surface area contributed by atoms with E-state index in [2.05, 4.69) is 4.90 Å². The molecule has 0 spiro atoms. The van der Waals surface area contributed by atoms with Crippen LogP contribution in [-0.2, 0) is 15.6 Å². The van der Waals surface area contributed by atoms with Gasteiger partial charge in [0.25, 0.3) is 5.91 Å². The van der Waals surface area contributed by atoms with Crippen LogP contribution in [-0.4, -0.2) is 52.5 Å². The summed E-state index contributed by atoms with van der Waals surface area (Å²) in [7, 11) is -1.89. The second-order valence-electron chi connectivity index (χ2n) is 7.29.